The van der Waals surface area contributed by atoms with E-state index in [1.807, 2.05) is 30.3 Å². The van der Waals surface area contributed by atoms with Gasteiger partial charge in [-0.15, -0.1) is 10.2 Å². The summed E-state index contributed by atoms with van der Waals surface area (Å²) in [5, 5.41) is 26.2. The van der Waals surface area contributed by atoms with E-state index in [0.29, 0.717) is 56.6 Å². The van der Waals surface area contributed by atoms with Gasteiger partial charge in [-0.25, -0.2) is 0 Å². The van der Waals surface area contributed by atoms with E-state index in [9.17, 15) is 14.4 Å². The van der Waals surface area contributed by atoms with Crippen LogP contribution in [0.5, 0.6) is 0 Å². The zero-order valence-electron chi connectivity index (χ0n) is 27.6. The predicted molar refractivity (Wildman–Crippen MR) is 190 cm³/mol. The molecule has 0 spiro atoms. The minimum atomic E-state index is -0.751. The Morgan fingerprint density at radius 3 is 2.40 bits per heavy atom. The number of aliphatic imine (C=N–C) groups is 1. The van der Waals surface area contributed by atoms with Gasteiger partial charge in [0.2, 0.25) is 11.7 Å². The number of anilines is 1. The third-order valence-corrected chi connectivity index (χ3v) is 8.56. The number of Topliss-reactive ketones (excluding diaryl/α,β-unsaturated/α-hetero) is 1. The largest absolute Gasteiger partial charge is 0.374 e. The number of nitrogens with two attached hydrogens (primary N) is 3. The van der Waals surface area contributed by atoms with Crippen molar-refractivity contribution < 1.29 is 14.4 Å². The van der Waals surface area contributed by atoms with E-state index in [0.717, 1.165) is 33.5 Å². The Morgan fingerprint density at radius 2 is 1.68 bits per heavy atom. The summed E-state index contributed by atoms with van der Waals surface area (Å²) in [7, 11) is 5.53. The lowest BCUT2D eigenvalue weighted by Gasteiger charge is -2.19. The van der Waals surface area contributed by atoms with E-state index in [2.05, 4.69) is 71.1 Å². The van der Waals surface area contributed by atoms with Gasteiger partial charge in [0.1, 0.15) is 0 Å². The van der Waals surface area contributed by atoms with E-state index >= 15 is 0 Å². The topological polar surface area (TPSA) is 244 Å². The normalized spacial score (nSPS) is 14.2. The molecule has 1 aromatic heterocycles. The van der Waals surface area contributed by atoms with Crippen LogP contribution < -0.4 is 38.5 Å². The number of amides is 2. The SMILES string of the molecule is [CH]N[C@@H](CCCN=C(N)N)C(=O)NCCCC[C@H](NC(=O)c1ccc(NC2c3ccccc3-c3cc(-c4nn[nH]n4)ccc32)cc1)C(=O)CN. The Morgan fingerprint density at radius 1 is 0.920 bits per heavy atom. The van der Waals surface area contributed by atoms with Crippen LogP contribution in [0.25, 0.3) is 22.5 Å². The van der Waals surface area contributed by atoms with Crippen molar-refractivity contribution in [2.45, 2.75) is 50.2 Å². The lowest BCUT2D eigenvalue weighted by atomic mass is 10.0. The van der Waals surface area contributed by atoms with Gasteiger partial charge in [-0.1, -0.05) is 36.4 Å². The second-order valence-electron chi connectivity index (χ2n) is 11.9. The lowest BCUT2D eigenvalue weighted by molar-refractivity contribution is -0.123. The molecule has 0 saturated carbocycles. The molecule has 0 bridgehead atoms. The number of aromatic amines is 1. The number of aromatic nitrogens is 4. The Balaban J connectivity index is 1.14. The summed E-state index contributed by atoms with van der Waals surface area (Å²) in [5.74, 6) is -0.363. The highest BCUT2D eigenvalue weighted by Crippen LogP contribution is 2.46. The molecule has 1 aliphatic carbocycles. The summed E-state index contributed by atoms with van der Waals surface area (Å²) in [4.78, 5) is 42.1. The number of carbonyl (C=O) groups excluding carboxylic acids is 3. The number of H-pyrrole nitrogens is 1. The molecule has 4 aromatic rings. The van der Waals surface area contributed by atoms with Crippen LogP contribution in [0.15, 0.2) is 71.7 Å². The first-order valence-electron chi connectivity index (χ1n) is 16.5. The molecule has 15 heteroatoms. The van der Waals surface area contributed by atoms with Crippen LogP contribution in [0.1, 0.15) is 59.6 Å². The fourth-order valence-corrected chi connectivity index (χ4v) is 5.97. The van der Waals surface area contributed by atoms with Crippen LogP contribution in [0.4, 0.5) is 5.69 Å². The van der Waals surface area contributed by atoms with Gasteiger partial charge >= 0.3 is 0 Å². The second-order valence-corrected chi connectivity index (χ2v) is 11.9. The predicted octanol–water partition coefficient (Wildman–Crippen LogP) is 1.64. The van der Waals surface area contributed by atoms with Crippen molar-refractivity contribution in [3.8, 4) is 22.5 Å². The standard InChI is InChI=1S/C35H42N12O3/c1-39-29(10-6-18-41-35(37)38)34(50)40-17-5-4-9-28(30(48)20-36)43-33(49)21-11-14-23(15-12-21)42-31-25-8-3-2-7-24(25)27-19-22(13-16-26(27)31)32-44-46-47-45-32/h1-3,7-8,11-16,19,28-29,31,39,42H,4-6,9-10,17-18,20,36H2,(H,40,50)(H,43,49)(H4,37,38,41)(H,44,45,46,47)/t28-,29-,31?/m0/s1. The zero-order valence-corrected chi connectivity index (χ0v) is 27.6. The number of rotatable bonds is 18. The molecule has 5 rings (SSSR count). The average Bonchev–Trinajstić information content (AvgIpc) is 3.78. The van der Waals surface area contributed by atoms with Crippen molar-refractivity contribution >= 4 is 29.2 Å². The number of guanidine groups is 1. The van der Waals surface area contributed by atoms with Crippen molar-refractivity contribution in [2.24, 2.45) is 22.2 Å². The third kappa shape index (κ3) is 8.86. The van der Waals surface area contributed by atoms with E-state index in [-0.39, 0.29) is 36.1 Å². The molecule has 15 nitrogen and oxygen atoms in total. The maximum Gasteiger partial charge on any atom is 0.251 e. The van der Waals surface area contributed by atoms with Crippen LogP contribution in [-0.2, 0) is 9.59 Å². The quantitative estimate of drug-likeness (QED) is 0.0325. The number of nitrogens with zero attached hydrogens (tertiary/aromatic N) is 4. The molecule has 3 atom stereocenters. The maximum atomic E-state index is 13.2. The van der Waals surface area contributed by atoms with Crippen molar-refractivity contribution in [1.82, 2.24) is 36.6 Å². The number of carbonyl (C=O) groups is 3. The van der Waals surface area contributed by atoms with E-state index in [1.54, 1.807) is 12.1 Å². The van der Waals surface area contributed by atoms with Gasteiger partial charge < -0.3 is 33.2 Å². The first kappa shape index (κ1) is 35.6. The maximum absolute atomic E-state index is 13.2. The fraction of sp³-hybridized carbons (Fsp3) is 0.314. The summed E-state index contributed by atoms with van der Waals surface area (Å²) >= 11 is 0. The van der Waals surface area contributed by atoms with Gasteiger partial charge in [-0.3, -0.25) is 24.7 Å². The lowest BCUT2D eigenvalue weighted by Crippen LogP contribution is -2.44. The zero-order chi connectivity index (χ0) is 35.5. The average molecular weight is 679 g/mol. The Kier molecular flexibility index (Phi) is 12.2. The molecule has 11 N–H and O–H groups in total. The fourth-order valence-electron chi connectivity index (χ4n) is 5.97. The summed E-state index contributed by atoms with van der Waals surface area (Å²) in [5.41, 5.74) is 22.8. The molecule has 2 radical (unpaired) electrons. The van der Waals surface area contributed by atoms with E-state index in [4.69, 9.17) is 24.2 Å². The first-order valence-corrected chi connectivity index (χ1v) is 16.5. The Bertz CT molecular complexity index is 1790. The number of hydrogen-bond donors (Lipinski definition) is 8. The minimum Gasteiger partial charge on any atom is -0.374 e. The summed E-state index contributed by atoms with van der Waals surface area (Å²) in [6, 6.07) is 20.0. The number of hydrogen-bond acceptors (Lipinski definition) is 10. The van der Waals surface area contributed by atoms with Gasteiger partial charge in [0.15, 0.2) is 11.7 Å². The molecule has 1 heterocycles. The molecule has 0 fully saturated rings. The molecule has 3 aromatic carbocycles. The van der Waals surface area contributed by atoms with Crippen molar-refractivity contribution in [3.63, 3.8) is 0 Å². The molecule has 2 amide bonds. The Hall–Kier alpha value is -5.67. The van der Waals surface area contributed by atoms with Gasteiger partial charge in [0.05, 0.1) is 24.7 Å². The first-order chi connectivity index (χ1) is 24.3. The summed E-state index contributed by atoms with van der Waals surface area (Å²) < 4.78 is 0. The smallest absolute Gasteiger partial charge is 0.251 e. The number of ketones is 1. The molecule has 0 aliphatic heterocycles. The van der Waals surface area contributed by atoms with Crippen LogP contribution in [0.3, 0.4) is 0 Å². The summed E-state index contributed by atoms with van der Waals surface area (Å²) in [6.07, 6.45) is 2.58. The number of nitrogens with one attached hydrogen (secondary N) is 5. The van der Waals surface area contributed by atoms with Crippen molar-refractivity contribution in [2.75, 3.05) is 25.0 Å². The second kappa shape index (κ2) is 17.1. The van der Waals surface area contributed by atoms with Gasteiger partial charge in [0.25, 0.3) is 5.91 Å². The summed E-state index contributed by atoms with van der Waals surface area (Å²) in [6.45, 7) is 0.579. The molecule has 50 heavy (non-hydrogen) atoms. The van der Waals surface area contributed by atoms with E-state index < -0.39 is 12.1 Å². The van der Waals surface area contributed by atoms with Crippen LogP contribution in [0.2, 0.25) is 0 Å². The number of unbranched alkanes of at least 4 members (excludes halogenated alkanes) is 1. The van der Waals surface area contributed by atoms with Crippen LogP contribution in [0, 0.1) is 7.05 Å². The monoisotopic (exact) mass is 678 g/mol. The van der Waals surface area contributed by atoms with Crippen molar-refractivity contribution in [1.29, 1.82) is 0 Å². The molecule has 0 saturated heterocycles. The highest BCUT2D eigenvalue weighted by atomic mass is 16.2. The highest BCUT2D eigenvalue weighted by molar-refractivity contribution is 5.98. The third-order valence-electron chi connectivity index (χ3n) is 8.56. The van der Waals surface area contributed by atoms with Crippen molar-refractivity contribution in [3.05, 3.63) is 90.5 Å². The number of benzene rings is 3. The van der Waals surface area contributed by atoms with Gasteiger partial charge in [-0.2, -0.15) is 5.21 Å². The highest BCUT2D eigenvalue weighted by Gasteiger charge is 2.29. The van der Waals surface area contributed by atoms with Crippen LogP contribution in [-0.4, -0.2) is 75.9 Å². The molecular formula is C35H42N12O3. The number of fused-ring (bicyclic) bond motifs is 3. The van der Waals surface area contributed by atoms with E-state index in [1.165, 1.54) is 0 Å². The molecular weight excluding hydrogens is 636 g/mol. The molecule has 260 valence electrons. The minimum absolute atomic E-state index is 0.00344. The Labute approximate surface area is 290 Å². The van der Waals surface area contributed by atoms with Gasteiger partial charge in [0, 0.05) is 37.0 Å². The van der Waals surface area contributed by atoms with Gasteiger partial charge in [-0.05, 0) is 89.9 Å². The molecule has 1 unspecified atom stereocenters. The van der Waals surface area contributed by atoms with Crippen LogP contribution >= 0.6 is 0 Å². The molecule has 1 aliphatic rings. The number of tetrazole rings is 1.